The molecule has 0 fully saturated rings. The Hall–Kier alpha value is -0.830. The summed E-state index contributed by atoms with van der Waals surface area (Å²) in [5, 5.41) is 9.61. The van der Waals surface area contributed by atoms with Crippen LogP contribution in [0, 0.1) is 0 Å². The minimum atomic E-state index is -0.781. The monoisotopic (exact) mass is 140 g/mol. The minimum absolute atomic E-state index is 0.684. The topological polar surface area (TPSA) is 38.0 Å². The molecule has 0 saturated carbocycles. The van der Waals surface area contributed by atoms with Gasteiger partial charge in [0.05, 0.1) is 6.33 Å². The summed E-state index contributed by atoms with van der Waals surface area (Å²) >= 11 is 0. The number of nitrogens with zero attached hydrogens (tertiary/aromatic N) is 2. The Balaban J connectivity index is 2.85. The van der Waals surface area contributed by atoms with Crippen molar-refractivity contribution < 1.29 is 5.11 Å². The van der Waals surface area contributed by atoms with Gasteiger partial charge >= 0.3 is 0 Å². The van der Waals surface area contributed by atoms with E-state index in [4.69, 9.17) is 0 Å². The maximum atomic E-state index is 9.61. The molecular formula is C7H12N2O. The predicted molar refractivity (Wildman–Crippen MR) is 38.4 cm³/mol. The fourth-order valence-electron chi connectivity index (χ4n) is 0.727. The standard InChI is InChI=1S/C7H12N2O/c1-3-7(2,10)9-5-4-8-6-9/h4-6,10H,3H2,1-2H3. The number of imidazole rings is 1. The first-order valence-electron chi connectivity index (χ1n) is 3.37. The lowest BCUT2D eigenvalue weighted by molar-refractivity contribution is -0.0221. The van der Waals surface area contributed by atoms with Crippen molar-refractivity contribution in [1.29, 1.82) is 0 Å². The summed E-state index contributed by atoms with van der Waals surface area (Å²) in [7, 11) is 0. The highest BCUT2D eigenvalue weighted by atomic mass is 16.3. The average Bonchev–Trinajstić information content (AvgIpc) is 2.38. The van der Waals surface area contributed by atoms with Crippen molar-refractivity contribution >= 4 is 0 Å². The summed E-state index contributed by atoms with van der Waals surface area (Å²) in [6, 6.07) is 0. The first kappa shape index (κ1) is 7.28. The number of hydrogen-bond acceptors (Lipinski definition) is 2. The largest absolute Gasteiger partial charge is 0.371 e. The van der Waals surface area contributed by atoms with Gasteiger partial charge in [-0.2, -0.15) is 0 Å². The van der Waals surface area contributed by atoms with E-state index in [-0.39, 0.29) is 0 Å². The molecule has 0 bridgehead atoms. The van der Waals surface area contributed by atoms with Crippen LogP contribution < -0.4 is 0 Å². The zero-order chi connectivity index (χ0) is 7.61. The van der Waals surface area contributed by atoms with E-state index in [1.54, 1.807) is 30.2 Å². The third-order valence-electron chi connectivity index (χ3n) is 1.73. The zero-order valence-electron chi connectivity index (χ0n) is 6.28. The smallest absolute Gasteiger partial charge is 0.139 e. The van der Waals surface area contributed by atoms with E-state index in [0.29, 0.717) is 6.42 Å². The van der Waals surface area contributed by atoms with Crippen LogP contribution in [0.4, 0.5) is 0 Å². The van der Waals surface area contributed by atoms with Gasteiger partial charge in [-0.25, -0.2) is 4.98 Å². The van der Waals surface area contributed by atoms with E-state index in [1.165, 1.54) is 0 Å². The Labute approximate surface area is 60.3 Å². The van der Waals surface area contributed by atoms with Crippen LogP contribution in [-0.2, 0) is 5.72 Å². The number of hydrogen-bond donors (Lipinski definition) is 1. The molecule has 3 heteroatoms. The van der Waals surface area contributed by atoms with E-state index in [2.05, 4.69) is 4.98 Å². The van der Waals surface area contributed by atoms with Crippen molar-refractivity contribution in [2.75, 3.05) is 0 Å². The predicted octanol–water partition coefficient (Wildman–Crippen LogP) is 0.958. The molecule has 1 unspecified atom stereocenters. The third-order valence-corrected chi connectivity index (χ3v) is 1.73. The fraction of sp³-hybridized carbons (Fsp3) is 0.571. The van der Waals surface area contributed by atoms with Crippen molar-refractivity contribution in [3.8, 4) is 0 Å². The Morgan fingerprint density at radius 3 is 2.80 bits per heavy atom. The molecule has 0 spiro atoms. The van der Waals surface area contributed by atoms with Gasteiger partial charge in [-0.05, 0) is 13.3 Å². The van der Waals surface area contributed by atoms with E-state index in [1.807, 2.05) is 6.92 Å². The van der Waals surface area contributed by atoms with E-state index >= 15 is 0 Å². The van der Waals surface area contributed by atoms with Crippen LogP contribution in [0.5, 0.6) is 0 Å². The van der Waals surface area contributed by atoms with Crippen LogP contribution in [0.3, 0.4) is 0 Å². The van der Waals surface area contributed by atoms with Crippen molar-refractivity contribution in [2.45, 2.75) is 26.0 Å². The first-order valence-corrected chi connectivity index (χ1v) is 3.37. The van der Waals surface area contributed by atoms with Gasteiger partial charge in [0, 0.05) is 12.4 Å². The van der Waals surface area contributed by atoms with Crippen LogP contribution >= 0.6 is 0 Å². The van der Waals surface area contributed by atoms with Gasteiger partial charge in [-0.1, -0.05) is 6.92 Å². The van der Waals surface area contributed by atoms with Crippen LogP contribution in [0.25, 0.3) is 0 Å². The lowest BCUT2D eigenvalue weighted by Crippen LogP contribution is -2.27. The van der Waals surface area contributed by atoms with Gasteiger partial charge in [0.15, 0.2) is 0 Å². The molecule has 3 nitrogen and oxygen atoms in total. The maximum Gasteiger partial charge on any atom is 0.139 e. The molecule has 1 atom stereocenters. The summed E-state index contributed by atoms with van der Waals surface area (Å²) in [4.78, 5) is 3.84. The Morgan fingerprint density at radius 2 is 2.40 bits per heavy atom. The molecule has 0 radical (unpaired) electrons. The Kier molecular flexibility index (Phi) is 1.76. The van der Waals surface area contributed by atoms with Gasteiger partial charge in [0.25, 0.3) is 0 Å². The van der Waals surface area contributed by atoms with E-state index in [9.17, 15) is 5.11 Å². The normalized spacial score (nSPS) is 16.7. The molecule has 0 amide bonds. The van der Waals surface area contributed by atoms with Crippen LogP contribution in [0.1, 0.15) is 20.3 Å². The summed E-state index contributed by atoms with van der Waals surface area (Å²) < 4.78 is 1.69. The molecule has 1 heterocycles. The number of aliphatic hydroxyl groups is 1. The molecule has 0 aliphatic carbocycles. The van der Waals surface area contributed by atoms with Crippen molar-refractivity contribution in [3.05, 3.63) is 18.7 Å². The van der Waals surface area contributed by atoms with Gasteiger partial charge in [0.2, 0.25) is 0 Å². The second kappa shape index (κ2) is 2.42. The summed E-state index contributed by atoms with van der Waals surface area (Å²) in [6.07, 6.45) is 5.71. The molecule has 0 aromatic carbocycles. The summed E-state index contributed by atoms with van der Waals surface area (Å²) in [5.74, 6) is 0. The minimum Gasteiger partial charge on any atom is -0.371 e. The third kappa shape index (κ3) is 1.19. The Bertz CT molecular complexity index is 191. The first-order chi connectivity index (χ1) is 4.67. The molecule has 10 heavy (non-hydrogen) atoms. The highest BCUT2D eigenvalue weighted by Crippen LogP contribution is 2.14. The van der Waals surface area contributed by atoms with E-state index < -0.39 is 5.72 Å². The molecule has 0 aliphatic heterocycles. The zero-order valence-corrected chi connectivity index (χ0v) is 6.28. The SMILES string of the molecule is CCC(C)(O)n1ccnc1. The molecule has 0 aliphatic rings. The van der Waals surface area contributed by atoms with E-state index in [0.717, 1.165) is 0 Å². The molecule has 1 aromatic rings. The Morgan fingerprint density at radius 1 is 1.70 bits per heavy atom. The molecule has 56 valence electrons. The second-order valence-corrected chi connectivity index (χ2v) is 2.54. The molecule has 1 N–H and O–H groups in total. The summed E-state index contributed by atoms with van der Waals surface area (Å²) in [5.41, 5.74) is -0.781. The number of rotatable bonds is 2. The van der Waals surface area contributed by atoms with Crippen molar-refractivity contribution in [1.82, 2.24) is 9.55 Å². The quantitative estimate of drug-likeness (QED) is 0.664. The van der Waals surface area contributed by atoms with Gasteiger partial charge < -0.3 is 9.67 Å². The van der Waals surface area contributed by atoms with Gasteiger partial charge in [-0.15, -0.1) is 0 Å². The summed E-state index contributed by atoms with van der Waals surface area (Å²) in [6.45, 7) is 3.69. The average molecular weight is 140 g/mol. The fourth-order valence-corrected chi connectivity index (χ4v) is 0.727. The lowest BCUT2D eigenvalue weighted by Gasteiger charge is -2.22. The maximum absolute atomic E-state index is 9.61. The number of aromatic nitrogens is 2. The molecule has 1 rings (SSSR count). The molecule has 1 aromatic heterocycles. The van der Waals surface area contributed by atoms with Gasteiger partial charge in [-0.3, -0.25) is 0 Å². The van der Waals surface area contributed by atoms with Crippen molar-refractivity contribution in [3.63, 3.8) is 0 Å². The molecular weight excluding hydrogens is 128 g/mol. The van der Waals surface area contributed by atoms with Crippen molar-refractivity contribution in [2.24, 2.45) is 0 Å². The van der Waals surface area contributed by atoms with Crippen LogP contribution in [-0.4, -0.2) is 14.7 Å². The highest BCUT2D eigenvalue weighted by Gasteiger charge is 2.17. The van der Waals surface area contributed by atoms with Crippen LogP contribution in [0.15, 0.2) is 18.7 Å². The molecule has 0 saturated heterocycles. The highest BCUT2D eigenvalue weighted by molar-refractivity contribution is 4.81. The van der Waals surface area contributed by atoms with Gasteiger partial charge in [0.1, 0.15) is 5.72 Å². The second-order valence-electron chi connectivity index (χ2n) is 2.54. The lowest BCUT2D eigenvalue weighted by atomic mass is 10.2. The van der Waals surface area contributed by atoms with Crippen LogP contribution in [0.2, 0.25) is 0 Å².